The Kier molecular flexibility index (Phi) is 6.50. The first-order chi connectivity index (χ1) is 8.89. The third kappa shape index (κ3) is 5.24. The molecule has 1 aromatic carbocycles. The van der Waals surface area contributed by atoms with Gasteiger partial charge in [-0.15, -0.1) is 0 Å². The largest absolute Gasteiger partial charge is 0.313 e. The Morgan fingerprint density at radius 3 is 2.58 bits per heavy atom. The van der Waals surface area contributed by atoms with Gasteiger partial charge in [0.05, 0.1) is 5.75 Å². The molecule has 1 atom stereocenters. The highest BCUT2D eigenvalue weighted by Crippen LogP contribution is 2.24. The fourth-order valence-corrected chi connectivity index (χ4v) is 3.25. The molecule has 0 aliphatic carbocycles. The van der Waals surface area contributed by atoms with Crippen LogP contribution in [0.5, 0.6) is 0 Å². The van der Waals surface area contributed by atoms with Crippen molar-refractivity contribution in [1.82, 2.24) is 5.32 Å². The van der Waals surface area contributed by atoms with Crippen molar-refractivity contribution in [2.24, 2.45) is 0 Å². The molecule has 0 fully saturated rings. The van der Waals surface area contributed by atoms with Crippen LogP contribution in [0.15, 0.2) is 22.7 Å². The normalized spacial score (nSPS) is 13.5. The summed E-state index contributed by atoms with van der Waals surface area (Å²) < 4.78 is 24.0. The van der Waals surface area contributed by atoms with Crippen LogP contribution in [-0.4, -0.2) is 27.0 Å². The van der Waals surface area contributed by atoms with E-state index in [0.29, 0.717) is 6.42 Å². The van der Waals surface area contributed by atoms with Crippen LogP contribution in [0.1, 0.15) is 36.9 Å². The predicted octanol–water partition coefficient (Wildman–Crippen LogP) is 3.23. The quantitative estimate of drug-likeness (QED) is 0.823. The first-order valence-corrected chi connectivity index (χ1v) is 9.14. The summed E-state index contributed by atoms with van der Waals surface area (Å²) in [6.07, 6.45) is 1.51. The zero-order valence-electron chi connectivity index (χ0n) is 11.7. The lowest BCUT2D eigenvalue weighted by atomic mass is 10.0. The van der Waals surface area contributed by atoms with E-state index < -0.39 is 9.84 Å². The van der Waals surface area contributed by atoms with E-state index >= 15 is 0 Å². The number of benzene rings is 1. The summed E-state index contributed by atoms with van der Waals surface area (Å²) in [6.45, 7) is 3.75. The Morgan fingerprint density at radius 1 is 1.37 bits per heavy atom. The van der Waals surface area contributed by atoms with Crippen molar-refractivity contribution < 1.29 is 8.42 Å². The molecule has 0 spiro atoms. The van der Waals surface area contributed by atoms with Gasteiger partial charge in [-0.2, -0.15) is 0 Å². The van der Waals surface area contributed by atoms with Gasteiger partial charge in [0.2, 0.25) is 0 Å². The molecular formula is C14H22BrNO2S. The molecule has 0 aliphatic heterocycles. The van der Waals surface area contributed by atoms with Gasteiger partial charge in [-0.3, -0.25) is 0 Å². The van der Waals surface area contributed by atoms with Crippen molar-refractivity contribution >= 4 is 25.8 Å². The van der Waals surface area contributed by atoms with Crippen LogP contribution < -0.4 is 5.32 Å². The Bertz CT molecular complexity index is 514. The number of hydrogen-bond donors (Lipinski definition) is 1. The summed E-state index contributed by atoms with van der Waals surface area (Å²) >= 11 is 3.53. The fraction of sp³-hybridized carbons (Fsp3) is 0.571. The van der Waals surface area contributed by atoms with E-state index in [1.54, 1.807) is 6.92 Å². The summed E-state index contributed by atoms with van der Waals surface area (Å²) in [7, 11) is -0.948. The Hall–Kier alpha value is -0.390. The van der Waals surface area contributed by atoms with Gasteiger partial charge in [-0.1, -0.05) is 35.0 Å². The number of rotatable bonds is 7. The highest BCUT2D eigenvalue weighted by molar-refractivity contribution is 9.10. The van der Waals surface area contributed by atoms with Gasteiger partial charge in [-0.25, -0.2) is 8.42 Å². The highest BCUT2D eigenvalue weighted by Gasteiger charge is 2.13. The minimum absolute atomic E-state index is 0.198. The summed E-state index contributed by atoms with van der Waals surface area (Å²) in [6, 6.07) is 6.47. The molecule has 0 aliphatic rings. The molecule has 0 saturated heterocycles. The monoisotopic (exact) mass is 347 g/mol. The van der Waals surface area contributed by atoms with E-state index in [1.165, 1.54) is 11.1 Å². The maximum absolute atomic E-state index is 11.5. The van der Waals surface area contributed by atoms with Gasteiger partial charge in [-0.05, 0) is 44.0 Å². The summed E-state index contributed by atoms with van der Waals surface area (Å²) in [5.74, 6) is 0.502. The zero-order chi connectivity index (χ0) is 14.5. The number of nitrogens with one attached hydrogen (secondary N) is 1. The number of aryl methyl sites for hydroxylation is 1. The minimum atomic E-state index is -2.86. The van der Waals surface area contributed by atoms with Crippen molar-refractivity contribution in [3.63, 3.8) is 0 Å². The van der Waals surface area contributed by atoms with E-state index in [-0.39, 0.29) is 17.5 Å². The van der Waals surface area contributed by atoms with Crippen LogP contribution in [0.4, 0.5) is 0 Å². The second kappa shape index (κ2) is 7.41. The van der Waals surface area contributed by atoms with E-state index in [2.05, 4.69) is 46.4 Å². The first kappa shape index (κ1) is 16.7. The second-order valence-electron chi connectivity index (χ2n) is 4.73. The highest BCUT2D eigenvalue weighted by atomic mass is 79.9. The van der Waals surface area contributed by atoms with Crippen LogP contribution in [-0.2, 0) is 9.84 Å². The van der Waals surface area contributed by atoms with Crippen molar-refractivity contribution in [2.45, 2.75) is 32.7 Å². The molecular weight excluding hydrogens is 326 g/mol. The molecule has 5 heteroatoms. The molecule has 19 heavy (non-hydrogen) atoms. The molecule has 0 amide bonds. The maximum Gasteiger partial charge on any atom is 0.150 e. The molecule has 0 radical (unpaired) electrons. The average molecular weight is 348 g/mol. The van der Waals surface area contributed by atoms with E-state index in [4.69, 9.17) is 0 Å². The average Bonchev–Trinajstić information content (AvgIpc) is 2.38. The molecule has 1 N–H and O–H groups in total. The lowest BCUT2D eigenvalue weighted by Gasteiger charge is -2.17. The van der Waals surface area contributed by atoms with Gasteiger partial charge >= 0.3 is 0 Å². The van der Waals surface area contributed by atoms with Crippen LogP contribution in [0.2, 0.25) is 0 Å². The number of halogens is 1. The Morgan fingerprint density at radius 2 is 2.05 bits per heavy atom. The van der Waals surface area contributed by atoms with Crippen LogP contribution in [0.25, 0.3) is 0 Å². The molecule has 1 aromatic rings. The summed E-state index contributed by atoms with van der Waals surface area (Å²) in [4.78, 5) is 0. The predicted molar refractivity (Wildman–Crippen MR) is 84.2 cm³/mol. The van der Waals surface area contributed by atoms with Crippen LogP contribution in [0.3, 0.4) is 0 Å². The molecule has 1 unspecified atom stereocenters. The summed E-state index contributed by atoms with van der Waals surface area (Å²) in [5.41, 5.74) is 2.39. The topological polar surface area (TPSA) is 46.2 Å². The van der Waals surface area contributed by atoms with E-state index in [0.717, 1.165) is 10.9 Å². The maximum atomic E-state index is 11.5. The summed E-state index contributed by atoms with van der Waals surface area (Å²) in [5, 5.41) is 3.25. The van der Waals surface area contributed by atoms with Crippen molar-refractivity contribution in [2.75, 3.05) is 18.6 Å². The lowest BCUT2D eigenvalue weighted by Crippen LogP contribution is -2.18. The van der Waals surface area contributed by atoms with Crippen LogP contribution in [0, 0.1) is 6.92 Å². The molecule has 0 saturated carbocycles. The Balaban J connectivity index is 2.66. The second-order valence-corrected chi connectivity index (χ2v) is 8.06. The fourth-order valence-electron chi connectivity index (χ4n) is 1.96. The lowest BCUT2D eigenvalue weighted by molar-refractivity contribution is 0.535. The van der Waals surface area contributed by atoms with Gasteiger partial charge in [0.25, 0.3) is 0 Å². The third-order valence-electron chi connectivity index (χ3n) is 3.33. The van der Waals surface area contributed by atoms with Gasteiger partial charge in [0.15, 0.2) is 0 Å². The van der Waals surface area contributed by atoms with E-state index in [9.17, 15) is 8.42 Å². The SMILES string of the molecule is CCS(=O)(=O)CCCC(NC)c1ccc(C)c(Br)c1. The van der Waals surface area contributed by atoms with Gasteiger partial charge in [0, 0.05) is 16.3 Å². The molecule has 0 heterocycles. The smallest absolute Gasteiger partial charge is 0.150 e. The Labute approximate surface area is 124 Å². The zero-order valence-corrected chi connectivity index (χ0v) is 14.1. The van der Waals surface area contributed by atoms with Gasteiger partial charge < -0.3 is 5.32 Å². The van der Waals surface area contributed by atoms with Crippen molar-refractivity contribution in [3.05, 3.63) is 33.8 Å². The molecule has 0 bridgehead atoms. The van der Waals surface area contributed by atoms with E-state index in [1.807, 2.05) is 7.05 Å². The number of hydrogen-bond acceptors (Lipinski definition) is 3. The third-order valence-corrected chi connectivity index (χ3v) is 5.98. The standard InChI is InChI=1S/C14H22BrNO2S/c1-4-19(17,18)9-5-6-14(16-3)12-8-7-11(2)13(15)10-12/h7-8,10,14,16H,4-6,9H2,1-3H3. The van der Waals surface area contributed by atoms with Crippen LogP contribution >= 0.6 is 15.9 Å². The van der Waals surface area contributed by atoms with Gasteiger partial charge in [0.1, 0.15) is 9.84 Å². The van der Waals surface area contributed by atoms with Crippen molar-refractivity contribution in [1.29, 1.82) is 0 Å². The minimum Gasteiger partial charge on any atom is -0.313 e. The molecule has 1 rings (SSSR count). The van der Waals surface area contributed by atoms with Crippen molar-refractivity contribution in [3.8, 4) is 0 Å². The molecule has 3 nitrogen and oxygen atoms in total. The first-order valence-electron chi connectivity index (χ1n) is 6.53. The number of sulfone groups is 1. The molecule has 108 valence electrons. The molecule has 0 aromatic heterocycles.